The van der Waals surface area contributed by atoms with E-state index < -0.39 is 34.6 Å². The van der Waals surface area contributed by atoms with Crippen LogP contribution >= 0.6 is 0 Å². The first-order valence-corrected chi connectivity index (χ1v) is 10.4. The van der Waals surface area contributed by atoms with Crippen LogP contribution in [0.25, 0.3) is 33.7 Å². The number of aromatic nitrogens is 2. The molecular weight excluding hydrogens is 510 g/mol. The second-order valence-electron chi connectivity index (χ2n) is 8.08. The average molecular weight is 516 g/mol. The van der Waals surface area contributed by atoms with E-state index in [1.165, 1.54) is 0 Å². The van der Waals surface area contributed by atoms with Crippen molar-refractivity contribution in [2.75, 3.05) is 0 Å². The SMILES string of the molecule is N#CC(C#N)=C1c2cc(C(F)(F)F)ccc2-c2nc3c(nc21)-c1ccc(C(F)(F)F)cc1C3=C(C#N)C#N. The first kappa shape index (κ1) is 24.2. The van der Waals surface area contributed by atoms with Crippen molar-refractivity contribution in [3.63, 3.8) is 0 Å². The van der Waals surface area contributed by atoms with E-state index in [1.54, 1.807) is 24.3 Å². The molecule has 0 spiro atoms. The molecule has 0 aliphatic heterocycles. The van der Waals surface area contributed by atoms with Gasteiger partial charge in [0.25, 0.3) is 0 Å². The van der Waals surface area contributed by atoms with Crippen LogP contribution in [0.1, 0.15) is 33.6 Å². The van der Waals surface area contributed by atoms with Gasteiger partial charge in [0.05, 0.1) is 22.5 Å². The van der Waals surface area contributed by atoms with Crippen LogP contribution in [0.3, 0.4) is 0 Å². The Morgan fingerprint density at radius 1 is 0.526 bits per heavy atom. The van der Waals surface area contributed by atoms with Crippen LogP contribution in [-0.2, 0) is 12.4 Å². The number of hydrogen-bond donors (Lipinski definition) is 0. The molecule has 2 aromatic carbocycles. The van der Waals surface area contributed by atoms with Gasteiger partial charge >= 0.3 is 12.4 Å². The molecule has 1 heterocycles. The molecule has 5 rings (SSSR count). The van der Waals surface area contributed by atoms with Crippen molar-refractivity contribution in [2.24, 2.45) is 0 Å². The quantitative estimate of drug-likeness (QED) is 0.179. The van der Waals surface area contributed by atoms with E-state index in [0.29, 0.717) is 0 Å². The van der Waals surface area contributed by atoms with Gasteiger partial charge in [0.15, 0.2) is 0 Å². The van der Waals surface area contributed by atoms with Crippen LogP contribution in [0.15, 0.2) is 47.5 Å². The van der Waals surface area contributed by atoms with E-state index in [-0.39, 0.29) is 56.2 Å². The van der Waals surface area contributed by atoms with E-state index in [2.05, 4.69) is 9.97 Å². The number of nitrogens with zero attached hydrogens (tertiary/aromatic N) is 6. The summed E-state index contributed by atoms with van der Waals surface area (Å²) in [4.78, 5) is 8.87. The van der Waals surface area contributed by atoms with Gasteiger partial charge in [-0.1, -0.05) is 12.1 Å². The van der Waals surface area contributed by atoms with Crippen molar-refractivity contribution in [1.82, 2.24) is 9.97 Å². The Labute approximate surface area is 209 Å². The molecule has 0 unspecified atom stereocenters. The Bertz CT molecular complexity index is 1670. The summed E-state index contributed by atoms with van der Waals surface area (Å²) in [5, 5.41) is 38.1. The van der Waals surface area contributed by atoms with Gasteiger partial charge in [-0.25, -0.2) is 9.97 Å². The van der Waals surface area contributed by atoms with Crippen molar-refractivity contribution in [2.45, 2.75) is 12.4 Å². The maximum atomic E-state index is 13.4. The Morgan fingerprint density at radius 3 is 1.16 bits per heavy atom. The number of allylic oxidation sites excluding steroid dienone is 2. The van der Waals surface area contributed by atoms with Gasteiger partial charge in [0.1, 0.15) is 46.8 Å². The molecule has 12 heteroatoms. The zero-order chi connectivity index (χ0) is 27.6. The molecule has 1 aromatic heterocycles. The third-order valence-corrected chi connectivity index (χ3v) is 6.06. The second kappa shape index (κ2) is 8.03. The lowest BCUT2D eigenvalue weighted by Crippen LogP contribution is -2.05. The standard InChI is InChI=1S/C26H6F6N6/c27-25(28,29)13-1-3-15-17(5-13)19(11(7-33)8-34)23-21(15)37-24-20(12(9-35)10-36)18-6-14(26(30,31)32)2-4-16(18)22(24)38-23/h1-6H. The molecule has 0 amide bonds. The van der Waals surface area contributed by atoms with Crippen LogP contribution in [0.4, 0.5) is 26.3 Å². The predicted molar refractivity (Wildman–Crippen MR) is 117 cm³/mol. The molecule has 6 nitrogen and oxygen atoms in total. The number of halogens is 6. The summed E-state index contributed by atoms with van der Waals surface area (Å²) < 4.78 is 80.7. The highest BCUT2D eigenvalue weighted by molar-refractivity contribution is 6.06. The monoisotopic (exact) mass is 516 g/mol. The lowest BCUT2D eigenvalue weighted by Gasteiger charge is -2.09. The Hall–Kier alpha value is -5.46. The lowest BCUT2D eigenvalue weighted by atomic mass is 9.98. The molecule has 0 atom stereocenters. The van der Waals surface area contributed by atoms with Crippen LogP contribution in [0.2, 0.25) is 0 Å². The normalized spacial score (nSPS) is 12.8. The van der Waals surface area contributed by atoms with Crippen LogP contribution < -0.4 is 0 Å². The summed E-state index contributed by atoms with van der Waals surface area (Å²) in [7, 11) is 0. The fourth-order valence-electron chi connectivity index (χ4n) is 4.46. The molecule has 38 heavy (non-hydrogen) atoms. The molecule has 0 bridgehead atoms. The molecule has 2 aliphatic rings. The van der Waals surface area contributed by atoms with Crippen molar-refractivity contribution in [3.05, 3.63) is 81.2 Å². The third kappa shape index (κ3) is 3.40. The highest BCUT2D eigenvalue weighted by atomic mass is 19.4. The molecule has 3 aromatic rings. The van der Waals surface area contributed by atoms with Gasteiger partial charge in [-0.15, -0.1) is 0 Å². The van der Waals surface area contributed by atoms with Gasteiger partial charge in [0.2, 0.25) is 0 Å². The molecule has 0 saturated carbocycles. The first-order chi connectivity index (χ1) is 17.9. The molecular formula is C26H6F6N6. The van der Waals surface area contributed by atoms with Gasteiger partial charge in [-0.2, -0.15) is 47.4 Å². The zero-order valence-electron chi connectivity index (χ0n) is 18.4. The van der Waals surface area contributed by atoms with Gasteiger partial charge < -0.3 is 0 Å². The fourth-order valence-corrected chi connectivity index (χ4v) is 4.46. The number of fused-ring (bicyclic) bond motifs is 6. The Morgan fingerprint density at radius 2 is 0.868 bits per heavy atom. The van der Waals surface area contributed by atoms with Crippen molar-refractivity contribution in [3.8, 4) is 46.8 Å². The summed E-state index contributed by atoms with van der Waals surface area (Å²) in [5.41, 5.74) is -4.07. The van der Waals surface area contributed by atoms with E-state index in [1.807, 2.05) is 0 Å². The highest BCUT2D eigenvalue weighted by Gasteiger charge is 2.40. The minimum atomic E-state index is -4.74. The van der Waals surface area contributed by atoms with Gasteiger partial charge in [0, 0.05) is 22.3 Å². The third-order valence-electron chi connectivity index (χ3n) is 6.06. The predicted octanol–water partition coefficient (Wildman–Crippen LogP) is 6.17. The second-order valence-corrected chi connectivity index (χ2v) is 8.08. The number of alkyl halides is 6. The Kier molecular flexibility index (Phi) is 5.12. The summed E-state index contributed by atoms with van der Waals surface area (Å²) in [6, 6.07) is 11.8. The number of nitriles is 4. The molecule has 0 N–H and O–H groups in total. The summed E-state index contributed by atoms with van der Waals surface area (Å²) >= 11 is 0. The summed E-state index contributed by atoms with van der Waals surface area (Å²) in [6.45, 7) is 0. The zero-order valence-corrected chi connectivity index (χ0v) is 18.4. The van der Waals surface area contributed by atoms with Gasteiger partial charge in [-0.05, 0) is 35.4 Å². The molecule has 182 valence electrons. The minimum absolute atomic E-state index is 0.0537. The summed E-state index contributed by atoms with van der Waals surface area (Å²) in [5.74, 6) is 0. The molecule has 0 fully saturated rings. The molecule has 0 saturated heterocycles. The van der Waals surface area contributed by atoms with Gasteiger partial charge in [-0.3, -0.25) is 0 Å². The van der Waals surface area contributed by atoms with Crippen LogP contribution in [0, 0.1) is 45.3 Å². The van der Waals surface area contributed by atoms with E-state index in [0.717, 1.165) is 36.4 Å². The fraction of sp³-hybridized carbons (Fsp3) is 0.0769. The topological polar surface area (TPSA) is 121 Å². The first-order valence-electron chi connectivity index (χ1n) is 10.4. The van der Waals surface area contributed by atoms with E-state index in [9.17, 15) is 47.4 Å². The smallest absolute Gasteiger partial charge is 0.243 e. The average Bonchev–Trinajstić information content (AvgIpc) is 3.35. The lowest BCUT2D eigenvalue weighted by molar-refractivity contribution is -0.138. The van der Waals surface area contributed by atoms with Crippen molar-refractivity contribution < 1.29 is 26.3 Å². The van der Waals surface area contributed by atoms with Crippen molar-refractivity contribution >= 4 is 11.1 Å². The van der Waals surface area contributed by atoms with E-state index in [4.69, 9.17) is 0 Å². The van der Waals surface area contributed by atoms with Crippen LogP contribution in [0.5, 0.6) is 0 Å². The maximum Gasteiger partial charge on any atom is 0.416 e. The number of benzene rings is 2. The Balaban J connectivity index is 1.89. The maximum absolute atomic E-state index is 13.4. The number of hydrogen-bond acceptors (Lipinski definition) is 6. The number of rotatable bonds is 0. The highest BCUT2D eigenvalue weighted by Crippen LogP contribution is 2.51. The van der Waals surface area contributed by atoms with E-state index >= 15 is 0 Å². The molecule has 0 radical (unpaired) electrons. The minimum Gasteiger partial charge on any atom is -0.243 e. The molecule has 2 aliphatic carbocycles. The summed E-state index contributed by atoms with van der Waals surface area (Å²) in [6.07, 6.45) is -9.48. The largest absolute Gasteiger partial charge is 0.416 e. The van der Waals surface area contributed by atoms with Crippen molar-refractivity contribution in [1.29, 1.82) is 21.0 Å². The van der Waals surface area contributed by atoms with Crippen LogP contribution in [-0.4, -0.2) is 9.97 Å².